The second kappa shape index (κ2) is 9.69. The zero-order valence-corrected chi connectivity index (χ0v) is 15.0. The summed E-state index contributed by atoms with van der Waals surface area (Å²) in [6.45, 7) is 5.51. The molecular weight excluding hydrogens is 316 g/mol. The van der Waals surface area contributed by atoms with Crippen LogP contribution in [0.3, 0.4) is 0 Å². The number of amides is 1. The van der Waals surface area contributed by atoms with Gasteiger partial charge in [0.15, 0.2) is 0 Å². The molecule has 134 valence electrons. The molecule has 0 heterocycles. The van der Waals surface area contributed by atoms with Crippen molar-refractivity contribution in [1.82, 2.24) is 0 Å². The molecule has 0 spiro atoms. The molecule has 0 aliphatic carbocycles. The Labute approximate surface area is 149 Å². The Morgan fingerprint density at radius 3 is 2.48 bits per heavy atom. The average molecular weight is 342 g/mol. The summed E-state index contributed by atoms with van der Waals surface area (Å²) < 4.78 is 10.5. The van der Waals surface area contributed by atoms with Crippen LogP contribution in [0.5, 0.6) is 5.75 Å². The highest BCUT2D eigenvalue weighted by molar-refractivity contribution is 5.93. The Morgan fingerprint density at radius 1 is 1.04 bits per heavy atom. The van der Waals surface area contributed by atoms with Gasteiger partial charge in [0.1, 0.15) is 12.4 Å². The van der Waals surface area contributed by atoms with Gasteiger partial charge in [-0.3, -0.25) is 4.79 Å². The van der Waals surface area contributed by atoms with Crippen molar-refractivity contribution in [3.63, 3.8) is 0 Å². The van der Waals surface area contributed by atoms with Gasteiger partial charge in [0.25, 0.3) is 0 Å². The summed E-state index contributed by atoms with van der Waals surface area (Å²) in [5.74, 6) is 1.12. The third-order valence-corrected chi connectivity index (χ3v) is 3.70. The standard InChI is InChI=1S/C20H26N2O3/c1-15(2)16-7-9-17(10-8-16)22-20(23)14-21-18-5-4-6-19(13-18)25-12-11-24-3/h4-10,13,15,21H,11-12,14H2,1-3H3,(H,22,23). The smallest absolute Gasteiger partial charge is 0.243 e. The van der Waals surface area contributed by atoms with Gasteiger partial charge in [-0.2, -0.15) is 0 Å². The van der Waals surface area contributed by atoms with E-state index in [1.165, 1.54) is 5.56 Å². The summed E-state index contributed by atoms with van der Waals surface area (Å²) in [6, 6.07) is 15.4. The predicted molar refractivity (Wildman–Crippen MR) is 101 cm³/mol. The summed E-state index contributed by atoms with van der Waals surface area (Å²) in [4.78, 5) is 12.1. The number of nitrogens with one attached hydrogen (secondary N) is 2. The van der Waals surface area contributed by atoms with Crippen LogP contribution in [0.4, 0.5) is 11.4 Å². The molecule has 2 aromatic rings. The van der Waals surface area contributed by atoms with Crippen LogP contribution in [-0.2, 0) is 9.53 Å². The topological polar surface area (TPSA) is 59.6 Å². The fourth-order valence-corrected chi connectivity index (χ4v) is 2.28. The molecule has 0 aliphatic heterocycles. The largest absolute Gasteiger partial charge is 0.491 e. The van der Waals surface area contributed by atoms with Gasteiger partial charge in [0.2, 0.25) is 5.91 Å². The first-order valence-corrected chi connectivity index (χ1v) is 8.44. The number of rotatable bonds is 9. The molecule has 0 aliphatic rings. The number of methoxy groups -OCH3 is 1. The predicted octanol–water partition coefficient (Wildman–Crippen LogP) is 3.89. The van der Waals surface area contributed by atoms with Gasteiger partial charge < -0.3 is 20.1 Å². The Balaban J connectivity index is 1.82. The molecule has 0 saturated heterocycles. The molecule has 0 atom stereocenters. The van der Waals surface area contributed by atoms with Crippen molar-refractivity contribution in [1.29, 1.82) is 0 Å². The lowest BCUT2D eigenvalue weighted by Crippen LogP contribution is -2.21. The molecule has 0 bridgehead atoms. The first-order valence-electron chi connectivity index (χ1n) is 8.44. The summed E-state index contributed by atoms with van der Waals surface area (Å²) in [5, 5.41) is 5.99. The van der Waals surface area contributed by atoms with Gasteiger partial charge in [-0.15, -0.1) is 0 Å². The molecule has 0 saturated carbocycles. The van der Waals surface area contributed by atoms with Crippen molar-refractivity contribution >= 4 is 17.3 Å². The number of hydrogen-bond donors (Lipinski definition) is 2. The summed E-state index contributed by atoms with van der Waals surface area (Å²) in [5.41, 5.74) is 2.88. The highest BCUT2D eigenvalue weighted by atomic mass is 16.5. The van der Waals surface area contributed by atoms with E-state index in [0.717, 1.165) is 17.1 Å². The second-order valence-electron chi connectivity index (χ2n) is 6.05. The number of anilines is 2. The first kappa shape index (κ1) is 18.8. The lowest BCUT2D eigenvalue weighted by molar-refractivity contribution is -0.114. The summed E-state index contributed by atoms with van der Waals surface area (Å²) in [6.07, 6.45) is 0. The Morgan fingerprint density at radius 2 is 1.80 bits per heavy atom. The van der Waals surface area contributed by atoms with Crippen LogP contribution in [0.15, 0.2) is 48.5 Å². The van der Waals surface area contributed by atoms with Crippen molar-refractivity contribution in [3.8, 4) is 5.75 Å². The van der Waals surface area contributed by atoms with Crippen molar-refractivity contribution in [2.24, 2.45) is 0 Å². The van der Waals surface area contributed by atoms with Crippen LogP contribution in [0.1, 0.15) is 25.3 Å². The van der Waals surface area contributed by atoms with Gasteiger partial charge in [0, 0.05) is 24.6 Å². The molecule has 2 rings (SSSR count). The molecule has 1 amide bonds. The minimum atomic E-state index is -0.0944. The second-order valence-corrected chi connectivity index (χ2v) is 6.05. The highest BCUT2D eigenvalue weighted by Gasteiger charge is 2.04. The van der Waals surface area contributed by atoms with E-state index in [1.54, 1.807) is 7.11 Å². The number of benzene rings is 2. The van der Waals surface area contributed by atoms with E-state index in [4.69, 9.17) is 9.47 Å². The first-order chi connectivity index (χ1) is 12.1. The van der Waals surface area contributed by atoms with E-state index >= 15 is 0 Å². The molecule has 0 unspecified atom stereocenters. The third kappa shape index (κ3) is 6.47. The van der Waals surface area contributed by atoms with Crippen molar-refractivity contribution < 1.29 is 14.3 Å². The molecule has 0 aromatic heterocycles. The van der Waals surface area contributed by atoms with Crippen LogP contribution in [0.2, 0.25) is 0 Å². The Kier molecular flexibility index (Phi) is 7.29. The van der Waals surface area contributed by atoms with Gasteiger partial charge in [-0.25, -0.2) is 0 Å². The van der Waals surface area contributed by atoms with Gasteiger partial charge >= 0.3 is 0 Å². The molecule has 5 nitrogen and oxygen atoms in total. The maximum atomic E-state index is 12.1. The highest BCUT2D eigenvalue weighted by Crippen LogP contribution is 2.18. The zero-order chi connectivity index (χ0) is 18.1. The Bertz CT molecular complexity index is 669. The molecular formula is C20H26N2O3. The third-order valence-electron chi connectivity index (χ3n) is 3.70. The van der Waals surface area contributed by atoms with Gasteiger partial charge in [-0.1, -0.05) is 32.0 Å². The minimum Gasteiger partial charge on any atom is -0.491 e. The van der Waals surface area contributed by atoms with E-state index in [2.05, 4.69) is 24.5 Å². The van der Waals surface area contributed by atoms with E-state index in [0.29, 0.717) is 19.1 Å². The summed E-state index contributed by atoms with van der Waals surface area (Å²) >= 11 is 0. The lowest BCUT2D eigenvalue weighted by atomic mass is 10.0. The molecule has 0 radical (unpaired) electrons. The Hall–Kier alpha value is -2.53. The molecule has 5 heteroatoms. The van der Waals surface area contributed by atoms with E-state index in [-0.39, 0.29) is 12.5 Å². The number of ether oxygens (including phenoxy) is 2. The monoisotopic (exact) mass is 342 g/mol. The van der Waals surface area contributed by atoms with E-state index in [1.807, 2.05) is 48.5 Å². The van der Waals surface area contributed by atoms with Crippen LogP contribution < -0.4 is 15.4 Å². The van der Waals surface area contributed by atoms with Gasteiger partial charge in [0.05, 0.1) is 13.2 Å². The number of carbonyl (C=O) groups is 1. The van der Waals surface area contributed by atoms with Gasteiger partial charge in [-0.05, 0) is 35.7 Å². The number of hydrogen-bond acceptors (Lipinski definition) is 4. The van der Waals surface area contributed by atoms with Crippen molar-refractivity contribution in [2.45, 2.75) is 19.8 Å². The summed E-state index contributed by atoms with van der Waals surface area (Å²) in [7, 11) is 1.64. The quantitative estimate of drug-likeness (QED) is 0.679. The fourth-order valence-electron chi connectivity index (χ4n) is 2.28. The maximum absolute atomic E-state index is 12.1. The van der Waals surface area contributed by atoms with Crippen LogP contribution in [0.25, 0.3) is 0 Å². The van der Waals surface area contributed by atoms with E-state index < -0.39 is 0 Å². The SMILES string of the molecule is COCCOc1cccc(NCC(=O)Nc2ccc(C(C)C)cc2)c1. The van der Waals surface area contributed by atoms with Crippen molar-refractivity contribution in [2.75, 3.05) is 37.5 Å². The fraction of sp³-hybridized carbons (Fsp3) is 0.350. The zero-order valence-electron chi connectivity index (χ0n) is 15.0. The van der Waals surface area contributed by atoms with Crippen LogP contribution >= 0.6 is 0 Å². The van der Waals surface area contributed by atoms with Crippen molar-refractivity contribution in [3.05, 3.63) is 54.1 Å². The molecule has 0 fully saturated rings. The molecule has 2 N–H and O–H groups in total. The van der Waals surface area contributed by atoms with Crippen LogP contribution in [0, 0.1) is 0 Å². The lowest BCUT2D eigenvalue weighted by Gasteiger charge is -2.11. The number of carbonyl (C=O) groups excluding carboxylic acids is 1. The van der Waals surface area contributed by atoms with Crippen LogP contribution in [-0.4, -0.2) is 32.8 Å². The minimum absolute atomic E-state index is 0.0944. The molecule has 25 heavy (non-hydrogen) atoms. The maximum Gasteiger partial charge on any atom is 0.243 e. The average Bonchev–Trinajstić information content (AvgIpc) is 2.61. The van der Waals surface area contributed by atoms with E-state index in [9.17, 15) is 4.79 Å². The normalized spacial score (nSPS) is 10.6. The molecule has 2 aromatic carbocycles.